The molecule has 12 nitrogen and oxygen atoms in total. The van der Waals surface area contributed by atoms with Crippen LogP contribution in [0.25, 0.3) is 10.9 Å². The second-order valence-electron chi connectivity index (χ2n) is 11.3. The minimum absolute atomic E-state index is 0.00654. The third-order valence-corrected chi connectivity index (χ3v) is 7.30. The number of imidazole rings is 1. The number of fused-ring (bicyclic) bond motifs is 1. The van der Waals surface area contributed by atoms with E-state index < -0.39 is 47.9 Å². The third-order valence-electron chi connectivity index (χ3n) is 7.30. The maximum Gasteiger partial charge on any atom is 0.326 e. The van der Waals surface area contributed by atoms with Gasteiger partial charge in [-0.25, -0.2) is 9.78 Å². The number of carbonyl (C=O) groups is 4. The second kappa shape index (κ2) is 15.0. The number of hydrogen-bond acceptors (Lipinski definition) is 6. The summed E-state index contributed by atoms with van der Waals surface area (Å²) in [5, 5.41) is 19.0. The van der Waals surface area contributed by atoms with Crippen LogP contribution in [0.5, 0.6) is 0 Å². The molecular weight excluding hydrogens is 562 g/mol. The van der Waals surface area contributed by atoms with Crippen molar-refractivity contribution >= 4 is 34.6 Å². The molecule has 44 heavy (non-hydrogen) atoms. The van der Waals surface area contributed by atoms with E-state index in [9.17, 15) is 24.3 Å². The SMILES string of the molecule is CC(C)CC(NC(=O)C(Cc1ccccc1)NC(=O)C(N)Cc1cnc[nH]1)C(=O)NC(Cc1c[nH]c2ccccc12)C(=O)O. The number of hydrogen-bond donors (Lipinski definition) is 7. The van der Waals surface area contributed by atoms with Crippen LogP contribution in [-0.2, 0) is 38.4 Å². The molecule has 0 aliphatic heterocycles. The van der Waals surface area contributed by atoms with Crippen molar-refractivity contribution in [1.29, 1.82) is 0 Å². The van der Waals surface area contributed by atoms with Gasteiger partial charge in [-0.2, -0.15) is 0 Å². The zero-order chi connectivity index (χ0) is 31.6. The molecule has 0 aliphatic carbocycles. The molecule has 12 heteroatoms. The van der Waals surface area contributed by atoms with Crippen LogP contribution in [0.2, 0.25) is 0 Å². The lowest BCUT2D eigenvalue weighted by Gasteiger charge is -2.26. The van der Waals surface area contributed by atoms with Crippen LogP contribution in [0.4, 0.5) is 0 Å². The first-order valence-corrected chi connectivity index (χ1v) is 14.6. The maximum absolute atomic E-state index is 13.7. The Kier molecular flexibility index (Phi) is 10.9. The summed E-state index contributed by atoms with van der Waals surface area (Å²) in [5.74, 6) is -2.95. The Morgan fingerprint density at radius 3 is 2.16 bits per heavy atom. The summed E-state index contributed by atoms with van der Waals surface area (Å²) in [4.78, 5) is 62.3. The largest absolute Gasteiger partial charge is 0.480 e. The topological polar surface area (TPSA) is 195 Å². The molecule has 2 aromatic heterocycles. The van der Waals surface area contributed by atoms with Crippen molar-refractivity contribution < 1.29 is 24.3 Å². The summed E-state index contributed by atoms with van der Waals surface area (Å²) >= 11 is 0. The molecule has 0 saturated heterocycles. The molecule has 3 amide bonds. The van der Waals surface area contributed by atoms with Gasteiger partial charge >= 0.3 is 5.97 Å². The number of aliphatic carboxylic acids is 1. The number of H-pyrrole nitrogens is 2. The molecular formula is C32H39N7O5. The van der Waals surface area contributed by atoms with Gasteiger partial charge in [0.2, 0.25) is 17.7 Å². The van der Waals surface area contributed by atoms with Gasteiger partial charge in [0.1, 0.15) is 18.1 Å². The number of nitrogens with zero attached hydrogens (tertiary/aromatic N) is 1. The van der Waals surface area contributed by atoms with E-state index in [2.05, 4.69) is 30.9 Å². The lowest BCUT2D eigenvalue weighted by Crippen LogP contribution is -2.58. The second-order valence-corrected chi connectivity index (χ2v) is 11.3. The standard InChI is InChI=1S/C32H39N7O5/c1-19(2)12-26(30(41)39-28(32(43)44)14-21-16-35-25-11-7-6-10-23(21)25)38-31(42)27(13-20-8-4-3-5-9-20)37-29(40)24(33)15-22-17-34-18-36-22/h3-11,16-19,24,26-28,35H,12-15,33H2,1-2H3,(H,34,36)(H,37,40)(H,38,42)(H,39,41)(H,43,44). The van der Waals surface area contributed by atoms with Crippen LogP contribution in [0.3, 0.4) is 0 Å². The van der Waals surface area contributed by atoms with Gasteiger partial charge in [0.15, 0.2) is 0 Å². The minimum atomic E-state index is -1.23. The van der Waals surface area contributed by atoms with Gasteiger partial charge in [0.25, 0.3) is 0 Å². The lowest BCUT2D eigenvalue weighted by molar-refractivity contribution is -0.142. The van der Waals surface area contributed by atoms with Crippen molar-refractivity contribution in [1.82, 2.24) is 30.9 Å². The Morgan fingerprint density at radius 2 is 1.48 bits per heavy atom. The van der Waals surface area contributed by atoms with Crippen LogP contribution in [0, 0.1) is 5.92 Å². The van der Waals surface area contributed by atoms with Crippen molar-refractivity contribution in [3.8, 4) is 0 Å². The van der Waals surface area contributed by atoms with Gasteiger partial charge in [-0.3, -0.25) is 14.4 Å². The molecule has 4 rings (SSSR count). The highest BCUT2D eigenvalue weighted by molar-refractivity contribution is 5.94. The molecule has 0 saturated carbocycles. The summed E-state index contributed by atoms with van der Waals surface area (Å²) < 4.78 is 0. The first-order valence-electron chi connectivity index (χ1n) is 14.6. The first-order chi connectivity index (χ1) is 21.1. The minimum Gasteiger partial charge on any atom is -0.480 e. The number of rotatable bonds is 15. The van der Waals surface area contributed by atoms with Gasteiger partial charge in [-0.15, -0.1) is 0 Å². The van der Waals surface area contributed by atoms with E-state index in [1.54, 1.807) is 12.4 Å². The lowest BCUT2D eigenvalue weighted by atomic mass is 9.99. The summed E-state index contributed by atoms with van der Waals surface area (Å²) in [5.41, 5.74) is 9.20. The zero-order valence-electron chi connectivity index (χ0n) is 24.7. The van der Waals surface area contributed by atoms with Crippen molar-refractivity contribution in [2.75, 3.05) is 0 Å². The van der Waals surface area contributed by atoms with Gasteiger partial charge in [0.05, 0.1) is 12.4 Å². The van der Waals surface area contributed by atoms with Crippen LogP contribution >= 0.6 is 0 Å². The Morgan fingerprint density at radius 1 is 0.818 bits per heavy atom. The predicted molar refractivity (Wildman–Crippen MR) is 165 cm³/mol. The molecule has 8 N–H and O–H groups in total. The van der Waals surface area contributed by atoms with Crippen molar-refractivity contribution in [3.05, 3.63) is 90.1 Å². The summed E-state index contributed by atoms with van der Waals surface area (Å²) in [6, 6.07) is 12.4. The highest BCUT2D eigenvalue weighted by atomic mass is 16.4. The van der Waals surface area contributed by atoms with Crippen LogP contribution in [0.1, 0.15) is 37.1 Å². The predicted octanol–water partition coefficient (Wildman–Crippen LogP) is 1.83. The van der Waals surface area contributed by atoms with E-state index in [-0.39, 0.29) is 31.6 Å². The number of carboxylic acid groups (broad SMARTS) is 1. The van der Waals surface area contributed by atoms with E-state index >= 15 is 0 Å². The van der Waals surface area contributed by atoms with Gasteiger partial charge in [-0.05, 0) is 29.5 Å². The number of carbonyl (C=O) groups excluding carboxylic acids is 3. The average molecular weight is 602 g/mol. The van der Waals surface area contributed by atoms with E-state index in [1.165, 1.54) is 6.33 Å². The molecule has 2 aromatic carbocycles. The monoisotopic (exact) mass is 601 g/mol. The van der Waals surface area contributed by atoms with Crippen LogP contribution in [0.15, 0.2) is 73.3 Å². The number of para-hydroxylation sites is 1. The Bertz CT molecular complexity index is 1550. The fourth-order valence-corrected chi connectivity index (χ4v) is 5.03. The molecule has 2 heterocycles. The molecule has 0 fully saturated rings. The highest BCUT2D eigenvalue weighted by Crippen LogP contribution is 2.19. The van der Waals surface area contributed by atoms with E-state index in [0.29, 0.717) is 5.69 Å². The Labute approximate surface area is 255 Å². The van der Waals surface area contributed by atoms with E-state index in [0.717, 1.165) is 22.0 Å². The molecule has 0 bridgehead atoms. The fourth-order valence-electron chi connectivity index (χ4n) is 5.03. The Balaban J connectivity index is 1.49. The third kappa shape index (κ3) is 8.77. The van der Waals surface area contributed by atoms with Crippen molar-refractivity contribution in [2.24, 2.45) is 11.7 Å². The summed E-state index contributed by atoms with van der Waals surface area (Å²) in [7, 11) is 0. The number of amides is 3. The van der Waals surface area contributed by atoms with E-state index in [1.807, 2.05) is 68.4 Å². The molecule has 4 aromatic rings. The molecule has 232 valence electrons. The number of nitrogens with one attached hydrogen (secondary N) is 5. The zero-order valence-corrected chi connectivity index (χ0v) is 24.7. The molecule has 0 aliphatic rings. The van der Waals surface area contributed by atoms with Gasteiger partial charge in [-0.1, -0.05) is 62.4 Å². The molecule has 0 spiro atoms. The summed E-state index contributed by atoms with van der Waals surface area (Å²) in [6.07, 6.45) is 5.44. The van der Waals surface area contributed by atoms with Gasteiger partial charge in [0, 0.05) is 48.3 Å². The summed E-state index contributed by atoms with van der Waals surface area (Å²) in [6.45, 7) is 3.79. The number of benzene rings is 2. The van der Waals surface area contributed by atoms with Crippen molar-refractivity contribution in [2.45, 2.75) is 63.7 Å². The van der Waals surface area contributed by atoms with E-state index in [4.69, 9.17) is 5.73 Å². The average Bonchev–Trinajstić information content (AvgIpc) is 3.66. The normalized spacial score (nSPS) is 14.0. The first kappa shape index (κ1) is 32.0. The molecule has 4 atom stereocenters. The molecule has 4 unspecified atom stereocenters. The quantitative estimate of drug-likeness (QED) is 0.108. The number of aromatic nitrogens is 3. The van der Waals surface area contributed by atoms with Crippen LogP contribution < -0.4 is 21.7 Å². The molecule has 0 radical (unpaired) electrons. The number of nitrogens with two attached hydrogens (primary N) is 1. The fraction of sp³-hybridized carbons (Fsp3) is 0.344. The highest BCUT2D eigenvalue weighted by Gasteiger charge is 2.31. The van der Waals surface area contributed by atoms with Gasteiger partial charge < -0.3 is 36.8 Å². The van der Waals surface area contributed by atoms with Crippen molar-refractivity contribution in [3.63, 3.8) is 0 Å². The van der Waals surface area contributed by atoms with Crippen LogP contribution in [-0.4, -0.2) is 67.9 Å². The smallest absolute Gasteiger partial charge is 0.326 e. The number of carboxylic acids is 1. The number of aromatic amines is 2. The maximum atomic E-state index is 13.7. The Hall–Kier alpha value is -4.97.